The lowest BCUT2D eigenvalue weighted by Gasteiger charge is -2.36. The Kier molecular flexibility index (Phi) is 6.56. The summed E-state index contributed by atoms with van der Waals surface area (Å²) < 4.78 is 12.9. The number of hydrogen-bond donors (Lipinski definition) is 4. The van der Waals surface area contributed by atoms with Crippen LogP contribution in [-0.4, -0.2) is 47.0 Å². The van der Waals surface area contributed by atoms with E-state index in [1.165, 1.54) is 6.33 Å². The third-order valence-electron chi connectivity index (χ3n) is 5.48. The molecule has 0 aliphatic carbocycles. The van der Waals surface area contributed by atoms with Crippen molar-refractivity contribution >= 4 is 7.60 Å². The minimum Gasteiger partial charge on any atom is -0.389 e. The van der Waals surface area contributed by atoms with E-state index in [0.717, 1.165) is 16.7 Å². The first-order valence-corrected chi connectivity index (χ1v) is 12.1. The standard InChI is InChI=1S/C24H24N3O5P/c28-21(16-33(30,31)32)22(29)23-25-17-27(26-23)24(18-10-4-1-5-11-18,19-12-6-2-7-13-19)20-14-8-3-9-15-20/h1-15,17,21-22,28-29H,16H2,(H2,30,31,32). The van der Waals surface area contributed by atoms with Crippen LogP contribution in [0.5, 0.6) is 0 Å². The number of nitrogens with zero attached hydrogens (tertiary/aromatic N) is 3. The first-order chi connectivity index (χ1) is 15.8. The summed E-state index contributed by atoms with van der Waals surface area (Å²) in [6.07, 6.45) is -2.83. The number of rotatable bonds is 8. The molecule has 0 radical (unpaired) electrons. The molecule has 1 heterocycles. The Labute approximate surface area is 191 Å². The van der Waals surface area contributed by atoms with Crippen molar-refractivity contribution < 1.29 is 24.6 Å². The van der Waals surface area contributed by atoms with Gasteiger partial charge in [-0.25, -0.2) is 9.67 Å². The second-order valence-electron chi connectivity index (χ2n) is 7.72. The third kappa shape index (κ3) is 4.66. The summed E-state index contributed by atoms with van der Waals surface area (Å²) in [5.41, 5.74) is 1.72. The molecule has 2 atom stereocenters. The highest BCUT2D eigenvalue weighted by molar-refractivity contribution is 7.51. The van der Waals surface area contributed by atoms with E-state index in [2.05, 4.69) is 10.1 Å². The molecule has 8 nitrogen and oxygen atoms in total. The zero-order valence-electron chi connectivity index (χ0n) is 17.6. The van der Waals surface area contributed by atoms with Crippen molar-refractivity contribution in [1.82, 2.24) is 14.8 Å². The molecule has 170 valence electrons. The van der Waals surface area contributed by atoms with Gasteiger partial charge in [-0.1, -0.05) is 91.0 Å². The highest BCUT2D eigenvalue weighted by atomic mass is 31.2. The van der Waals surface area contributed by atoms with Gasteiger partial charge in [-0.2, -0.15) is 5.10 Å². The number of benzene rings is 3. The van der Waals surface area contributed by atoms with E-state index in [9.17, 15) is 14.8 Å². The van der Waals surface area contributed by atoms with Crippen molar-refractivity contribution in [2.75, 3.05) is 6.16 Å². The van der Waals surface area contributed by atoms with E-state index in [0.29, 0.717) is 0 Å². The topological polar surface area (TPSA) is 129 Å². The molecule has 0 saturated heterocycles. The van der Waals surface area contributed by atoms with Crippen LogP contribution in [0.4, 0.5) is 0 Å². The third-order valence-corrected chi connectivity index (χ3v) is 6.33. The SMILES string of the molecule is O=P(O)(O)CC(O)C(O)c1ncn(C(c2ccccc2)(c2ccccc2)c2ccccc2)n1. The van der Waals surface area contributed by atoms with Gasteiger partial charge in [-0.15, -0.1) is 0 Å². The maximum Gasteiger partial charge on any atom is 0.328 e. The van der Waals surface area contributed by atoms with Crippen LogP contribution in [0.2, 0.25) is 0 Å². The average Bonchev–Trinajstić information content (AvgIpc) is 3.30. The molecule has 1 aromatic heterocycles. The smallest absolute Gasteiger partial charge is 0.328 e. The van der Waals surface area contributed by atoms with Gasteiger partial charge in [0.15, 0.2) is 5.82 Å². The van der Waals surface area contributed by atoms with Gasteiger partial charge < -0.3 is 20.0 Å². The molecule has 4 rings (SSSR count). The van der Waals surface area contributed by atoms with Crippen LogP contribution >= 0.6 is 7.60 Å². The van der Waals surface area contributed by atoms with Crippen molar-refractivity contribution in [2.45, 2.75) is 17.7 Å². The summed E-state index contributed by atoms with van der Waals surface area (Å²) in [6, 6.07) is 29.1. The Hall–Kier alpha value is -3.13. The van der Waals surface area contributed by atoms with E-state index in [4.69, 9.17) is 9.79 Å². The molecular formula is C24H24N3O5P. The number of hydrogen-bond acceptors (Lipinski definition) is 5. The van der Waals surface area contributed by atoms with E-state index < -0.39 is 31.5 Å². The minimum absolute atomic E-state index is 0.136. The van der Waals surface area contributed by atoms with Crippen LogP contribution < -0.4 is 0 Å². The quantitative estimate of drug-likeness (QED) is 0.233. The second-order valence-corrected chi connectivity index (χ2v) is 9.41. The van der Waals surface area contributed by atoms with Gasteiger partial charge >= 0.3 is 7.60 Å². The molecule has 0 fully saturated rings. The molecule has 0 saturated carbocycles. The number of aliphatic hydroxyl groups excluding tert-OH is 2. The molecule has 4 N–H and O–H groups in total. The zero-order chi connectivity index (χ0) is 23.5. The Morgan fingerprint density at radius 3 is 1.61 bits per heavy atom. The molecule has 0 spiro atoms. The van der Waals surface area contributed by atoms with E-state index >= 15 is 0 Å². The van der Waals surface area contributed by atoms with Gasteiger partial charge in [0, 0.05) is 0 Å². The fourth-order valence-corrected chi connectivity index (χ4v) is 4.71. The first-order valence-electron chi connectivity index (χ1n) is 10.3. The van der Waals surface area contributed by atoms with Crippen molar-refractivity contribution in [3.8, 4) is 0 Å². The van der Waals surface area contributed by atoms with Crippen LogP contribution in [0.3, 0.4) is 0 Å². The van der Waals surface area contributed by atoms with Crippen molar-refractivity contribution in [2.24, 2.45) is 0 Å². The summed E-state index contributed by atoms with van der Waals surface area (Å²) >= 11 is 0. The van der Waals surface area contributed by atoms with E-state index in [1.54, 1.807) is 4.68 Å². The fraction of sp³-hybridized carbons (Fsp3) is 0.167. The van der Waals surface area contributed by atoms with Gasteiger partial charge in [-0.3, -0.25) is 4.57 Å². The molecule has 0 aliphatic heterocycles. The molecular weight excluding hydrogens is 441 g/mol. The molecule has 0 aliphatic rings. The molecule has 4 aromatic rings. The monoisotopic (exact) mass is 465 g/mol. The Morgan fingerprint density at radius 2 is 1.21 bits per heavy atom. The van der Waals surface area contributed by atoms with Crippen molar-refractivity contribution in [3.05, 3.63) is 120 Å². The van der Waals surface area contributed by atoms with Gasteiger partial charge in [0.05, 0.1) is 12.3 Å². The van der Waals surface area contributed by atoms with E-state index in [1.807, 2.05) is 91.0 Å². The molecule has 0 bridgehead atoms. The predicted octanol–water partition coefficient (Wildman–Crippen LogP) is 2.69. The van der Waals surface area contributed by atoms with Crippen LogP contribution in [-0.2, 0) is 10.1 Å². The second kappa shape index (κ2) is 9.39. The summed E-state index contributed by atoms with van der Waals surface area (Å²) in [7, 11) is -4.54. The van der Waals surface area contributed by atoms with Gasteiger partial charge in [0.2, 0.25) is 0 Å². The van der Waals surface area contributed by atoms with Crippen molar-refractivity contribution in [3.63, 3.8) is 0 Å². The van der Waals surface area contributed by atoms with Gasteiger partial charge in [-0.05, 0) is 16.7 Å². The van der Waals surface area contributed by atoms with Crippen LogP contribution in [0.15, 0.2) is 97.3 Å². The van der Waals surface area contributed by atoms with Crippen LogP contribution in [0.1, 0.15) is 28.6 Å². The lowest BCUT2D eigenvalue weighted by molar-refractivity contribution is 0.0240. The summed E-state index contributed by atoms with van der Waals surface area (Å²) in [4.78, 5) is 22.5. The fourth-order valence-electron chi connectivity index (χ4n) is 4.02. The van der Waals surface area contributed by atoms with Crippen LogP contribution in [0, 0.1) is 0 Å². The van der Waals surface area contributed by atoms with Crippen molar-refractivity contribution in [1.29, 1.82) is 0 Å². The van der Waals surface area contributed by atoms with E-state index in [-0.39, 0.29) is 5.82 Å². The van der Waals surface area contributed by atoms with Crippen LogP contribution in [0.25, 0.3) is 0 Å². The summed E-state index contributed by atoms with van der Waals surface area (Å²) in [5, 5.41) is 25.2. The lowest BCUT2D eigenvalue weighted by atomic mass is 9.77. The molecule has 2 unspecified atom stereocenters. The molecule has 0 amide bonds. The van der Waals surface area contributed by atoms with Gasteiger partial charge in [0.1, 0.15) is 18.0 Å². The maximum atomic E-state index is 11.3. The number of aromatic nitrogens is 3. The predicted molar refractivity (Wildman–Crippen MR) is 123 cm³/mol. The zero-order valence-corrected chi connectivity index (χ0v) is 18.5. The lowest BCUT2D eigenvalue weighted by Crippen LogP contribution is -2.38. The molecule has 3 aromatic carbocycles. The largest absolute Gasteiger partial charge is 0.389 e. The highest BCUT2D eigenvalue weighted by Crippen LogP contribution is 2.41. The summed E-state index contributed by atoms with van der Waals surface area (Å²) in [6.45, 7) is 0. The molecule has 9 heteroatoms. The first kappa shape index (κ1) is 23.0. The number of aliphatic hydroxyl groups is 2. The Bertz CT molecular complexity index is 1130. The maximum absolute atomic E-state index is 11.3. The highest BCUT2D eigenvalue weighted by Gasteiger charge is 2.40. The van der Waals surface area contributed by atoms with Gasteiger partial charge in [0.25, 0.3) is 0 Å². The Balaban J connectivity index is 1.91. The Morgan fingerprint density at radius 1 is 0.788 bits per heavy atom. The average molecular weight is 465 g/mol. The minimum atomic E-state index is -4.54. The normalized spacial score (nSPS) is 14.1. The summed E-state index contributed by atoms with van der Waals surface area (Å²) in [5.74, 6) is -0.136. The molecule has 33 heavy (non-hydrogen) atoms.